The standard InChI is InChI=1S/C13H15BN2O3/c1-12(2)13(3,4)19-14(18-12)9-5-10(7-15)16-11(6-9)8-17/h5-6,8H,1-4H3. The number of hydrogen-bond donors (Lipinski definition) is 0. The van der Waals surface area contributed by atoms with Crippen LogP contribution in [0.25, 0.3) is 0 Å². The van der Waals surface area contributed by atoms with E-state index in [2.05, 4.69) is 4.98 Å². The van der Waals surface area contributed by atoms with Crippen molar-refractivity contribution < 1.29 is 14.1 Å². The lowest BCUT2D eigenvalue weighted by molar-refractivity contribution is 0.00578. The Kier molecular flexibility index (Phi) is 3.21. The van der Waals surface area contributed by atoms with Gasteiger partial charge in [0.1, 0.15) is 17.5 Å². The second-order valence-electron chi connectivity index (χ2n) is 5.53. The minimum atomic E-state index is -0.598. The molecule has 2 heterocycles. The fraction of sp³-hybridized carbons (Fsp3) is 0.462. The molecule has 0 radical (unpaired) electrons. The van der Waals surface area contributed by atoms with Crippen molar-refractivity contribution in [3.05, 3.63) is 23.5 Å². The van der Waals surface area contributed by atoms with E-state index in [0.717, 1.165) is 0 Å². The molecule has 1 fully saturated rings. The van der Waals surface area contributed by atoms with Gasteiger partial charge in [0.05, 0.1) is 11.2 Å². The average molecular weight is 258 g/mol. The maximum atomic E-state index is 10.8. The van der Waals surface area contributed by atoms with Crippen LogP contribution in [0.1, 0.15) is 43.9 Å². The monoisotopic (exact) mass is 258 g/mol. The first-order chi connectivity index (χ1) is 8.79. The van der Waals surface area contributed by atoms with Crippen LogP contribution in [0.2, 0.25) is 0 Å². The first kappa shape index (κ1) is 13.7. The quantitative estimate of drug-likeness (QED) is 0.586. The second kappa shape index (κ2) is 4.44. The molecule has 1 aliphatic rings. The van der Waals surface area contributed by atoms with E-state index in [0.29, 0.717) is 11.7 Å². The van der Waals surface area contributed by atoms with Crippen molar-refractivity contribution in [3.63, 3.8) is 0 Å². The number of carbonyl (C=O) groups excluding carboxylic acids is 1. The molecule has 0 spiro atoms. The number of nitriles is 1. The van der Waals surface area contributed by atoms with Crippen LogP contribution < -0.4 is 5.46 Å². The van der Waals surface area contributed by atoms with Gasteiger partial charge in [0, 0.05) is 0 Å². The van der Waals surface area contributed by atoms with Crippen LogP contribution in [0.15, 0.2) is 12.1 Å². The summed E-state index contributed by atoms with van der Waals surface area (Å²) in [5.74, 6) is 0. The van der Waals surface area contributed by atoms with E-state index < -0.39 is 18.3 Å². The lowest BCUT2D eigenvalue weighted by Crippen LogP contribution is -2.41. The average Bonchev–Trinajstić information content (AvgIpc) is 2.58. The molecule has 0 amide bonds. The van der Waals surface area contributed by atoms with E-state index >= 15 is 0 Å². The summed E-state index contributed by atoms with van der Waals surface area (Å²) in [5, 5.41) is 8.92. The van der Waals surface area contributed by atoms with E-state index in [-0.39, 0.29) is 11.4 Å². The minimum absolute atomic E-state index is 0.175. The summed E-state index contributed by atoms with van der Waals surface area (Å²) in [7, 11) is -0.598. The van der Waals surface area contributed by atoms with E-state index in [1.54, 1.807) is 12.1 Å². The molecule has 0 bridgehead atoms. The highest BCUT2D eigenvalue weighted by Crippen LogP contribution is 2.36. The van der Waals surface area contributed by atoms with Gasteiger partial charge in [0.25, 0.3) is 0 Å². The number of aromatic nitrogens is 1. The number of nitrogens with zero attached hydrogens (tertiary/aromatic N) is 2. The smallest absolute Gasteiger partial charge is 0.399 e. The molecular weight excluding hydrogens is 243 g/mol. The van der Waals surface area contributed by atoms with Crippen LogP contribution in [0.4, 0.5) is 0 Å². The molecule has 0 aromatic carbocycles. The minimum Gasteiger partial charge on any atom is -0.399 e. The maximum Gasteiger partial charge on any atom is 0.495 e. The fourth-order valence-corrected chi connectivity index (χ4v) is 1.81. The highest BCUT2D eigenvalue weighted by molar-refractivity contribution is 6.62. The summed E-state index contributed by atoms with van der Waals surface area (Å²) < 4.78 is 11.7. The molecule has 1 aliphatic heterocycles. The molecule has 1 aromatic heterocycles. The molecule has 0 atom stereocenters. The SMILES string of the molecule is CC1(C)OB(c2cc(C#N)nc(C=O)c2)OC1(C)C. The fourth-order valence-electron chi connectivity index (χ4n) is 1.81. The Morgan fingerprint density at radius 1 is 1.26 bits per heavy atom. The van der Waals surface area contributed by atoms with Gasteiger partial charge in [-0.15, -0.1) is 0 Å². The summed E-state index contributed by atoms with van der Waals surface area (Å²) in [4.78, 5) is 14.7. The first-order valence-corrected chi connectivity index (χ1v) is 6.02. The summed E-state index contributed by atoms with van der Waals surface area (Å²) in [6.07, 6.45) is 0.607. The zero-order valence-electron chi connectivity index (χ0n) is 11.4. The zero-order chi connectivity index (χ0) is 14.3. The Morgan fingerprint density at radius 2 is 1.84 bits per heavy atom. The summed E-state index contributed by atoms with van der Waals surface area (Å²) in [6, 6.07) is 5.08. The van der Waals surface area contributed by atoms with Crippen LogP contribution in [0, 0.1) is 11.3 Å². The number of rotatable bonds is 2. The summed E-state index contributed by atoms with van der Waals surface area (Å²) in [6.45, 7) is 7.78. The Balaban J connectivity index is 2.39. The molecule has 19 heavy (non-hydrogen) atoms. The van der Waals surface area contributed by atoms with E-state index in [4.69, 9.17) is 14.6 Å². The van der Waals surface area contributed by atoms with Crippen LogP contribution in [-0.4, -0.2) is 29.6 Å². The van der Waals surface area contributed by atoms with Crippen molar-refractivity contribution in [2.24, 2.45) is 0 Å². The van der Waals surface area contributed by atoms with Crippen molar-refractivity contribution in [1.82, 2.24) is 4.98 Å². The third-order valence-electron chi connectivity index (χ3n) is 3.63. The number of carbonyl (C=O) groups is 1. The van der Waals surface area contributed by atoms with E-state index in [1.807, 2.05) is 33.8 Å². The number of aldehydes is 1. The molecule has 0 saturated carbocycles. The number of hydrogen-bond acceptors (Lipinski definition) is 5. The molecule has 2 rings (SSSR count). The summed E-state index contributed by atoms with van der Waals surface area (Å²) in [5.41, 5.74) is 0.0786. The molecule has 0 N–H and O–H groups in total. The molecule has 5 nitrogen and oxygen atoms in total. The number of pyridine rings is 1. The normalized spacial score (nSPS) is 20.1. The van der Waals surface area contributed by atoms with Crippen molar-refractivity contribution in [3.8, 4) is 6.07 Å². The lowest BCUT2D eigenvalue weighted by atomic mass is 9.79. The van der Waals surface area contributed by atoms with Gasteiger partial charge in [-0.05, 0) is 45.3 Å². The summed E-state index contributed by atoms with van der Waals surface area (Å²) >= 11 is 0. The molecule has 1 aromatic rings. The van der Waals surface area contributed by atoms with Crippen LogP contribution >= 0.6 is 0 Å². The van der Waals surface area contributed by atoms with Crippen LogP contribution in [0.5, 0.6) is 0 Å². The first-order valence-electron chi connectivity index (χ1n) is 6.02. The molecule has 1 saturated heterocycles. The van der Waals surface area contributed by atoms with Crippen molar-refractivity contribution >= 4 is 18.9 Å². The second-order valence-corrected chi connectivity index (χ2v) is 5.53. The van der Waals surface area contributed by atoms with Gasteiger partial charge in [-0.2, -0.15) is 5.26 Å². The van der Waals surface area contributed by atoms with Gasteiger partial charge >= 0.3 is 7.12 Å². The van der Waals surface area contributed by atoms with Crippen molar-refractivity contribution in [1.29, 1.82) is 5.26 Å². The topological polar surface area (TPSA) is 72.2 Å². The third-order valence-corrected chi connectivity index (χ3v) is 3.63. The van der Waals surface area contributed by atoms with E-state index in [1.165, 1.54) is 0 Å². The highest BCUT2D eigenvalue weighted by atomic mass is 16.7. The van der Waals surface area contributed by atoms with Gasteiger partial charge < -0.3 is 9.31 Å². The van der Waals surface area contributed by atoms with Crippen LogP contribution in [-0.2, 0) is 9.31 Å². The third kappa shape index (κ3) is 2.39. The molecule has 6 heteroatoms. The zero-order valence-corrected chi connectivity index (χ0v) is 11.4. The van der Waals surface area contributed by atoms with Gasteiger partial charge in [-0.1, -0.05) is 0 Å². The van der Waals surface area contributed by atoms with Crippen LogP contribution in [0.3, 0.4) is 0 Å². The highest BCUT2D eigenvalue weighted by Gasteiger charge is 2.51. The van der Waals surface area contributed by atoms with Gasteiger partial charge in [-0.3, -0.25) is 4.79 Å². The maximum absolute atomic E-state index is 10.8. The predicted molar refractivity (Wildman–Crippen MR) is 70.1 cm³/mol. The predicted octanol–water partition coefficient (Wildman–Crippen LogP) is 1.06. The Hall–Kier alpha value is -1.71. The molecule has 0 aliphatic carbocycles. The van der Waals surface area contributed by atoms with Gasteiger partial charge in [0.2, 0.25) is 0 Å². The van der Waals surface area contributed by atoms with Crippen molar-refractivity contribution in [2.75, 3.05) is 0 Å². The molecule has 0 unspecified atom stereocenters. The lowest BCUT2D eigenvalue weighted by Gasteiger charge is -2.32. The Labute approximate surface area is 112 Å². The van der Waals surface area contributed by atoms with Gasteiger partial charge in [0.15, 0.2) is 6.29 Å². The molecule has 98 valence electrons. The largest absolute Gasteiger partial charge is 0.495 e. The molecular formula is C13H15BN2O3. The Bertz CT molecular complexity index is 547. The Morgan fingerprint density at radius 3 is 2.32 bits per heavy atom. The van der Waals surface area contributed by atoms with Crippen molar-refractivity contribution in [2.45, 2.75) is 38.9 Å². The van der Waals surface area contributed by atoms with Gasteiger partial charge in [-0.25, -0.2) is 4.98 Å². The van der Waals surface area contributed by atoms with E-state index in [9.17, 15) is 4.79 Å².